The van der Waals surface area contributed by atoms with Crippen molar-refractivity contribution in [2.24, 2.45) is 0 Å². The van der Waals surface area contributed by atoms with Crippen LogP contribution in [0, 0.1) is 0 Å². The van der Waals surface area contributed by atoms with E-state index in [9.17, 15) is 8.42 Å². The minimum absolute atomic E-state index is 0.329. The molecule has 1 fully saturated rings. The number of para-hydroxylation sites is 1. The summed E-state index contributed by atoms with van der Waals surface area (Å²) < 4.78 is 28.0. The molecule has 1 aromatic heterocycles. The van der Waals surface area contributed by atoms with Gasteiger partial charge in [0.1, 0.15) is 10.6 Å². The van der Waals surface area contributed by atoms with Gasteiger partial charge < -0.3 is 5.32 Å². The number of benzene rings is 1. The molecule has 0 aliphatic carbocycles. The van der Waals surface area contributed by atoms with E-state index < -0.39 is 15.7 Å². The second-order valence-electron chi connectivity index (χ2n) is 6.44. The van der Waals surface area contributed by atoms with E-state index in [1.165, 1.54) is 5.56 Å². The summed E-state index contributed by atoms with van der Waals surface area (Å²) in [6.07, 6.45) is 5.06. The molecule has 2 N–H and O–H groups in total. The van der Waals surface area contributed by atoms with Crippen LogP contribution in [-0.4, -0.2) is 37.1 Å². The van der Waals surface area contributed by atoms with Gasteiger partial charge in [-0.15, -0.1) is 0 Å². The maximum absolute atomic E-state index is 12.5. The number of fused-ring (bicyclic) bond motifs is 1. The van der Waals surface area contributed by atoms with Crippen LogP contribution in [0.2, 0.25) is 0 Å². The first-order valence-electron chi connectivity index (χ1n) is 8.09. The Balaban J connectivity index is 1.49. The molecule has 4 rings (SSSR count). The lowest BCUT2D eigenvalue weighted by Crippen LogP contribution is -2.61. The van der Waals surface area contributed by atoms with E-state index in [4.69, 9.17) is 0 Å². The van der Waals surface area contributed by atoms with E-state index in [2.05, 4.69) is 19.9 Å². The molecule has 1 aromatic carbocycles. The van der Waals surface area contributed by atoms with Gasteiger partial charge in [-0.1, -0.05) is 12.1 Å². The average Bonchev–Trinajstić information content (AvgIpc) is 2.58. The first kappa shape index (κ1) is 15.6. The number of piperidine rings is 1. The monoisotopic (exact) mass is 344 g/mol. The van der Waals surface area contributed by atoms with Gasteiger partial charge in [-0.05, 0) is 42.7 Å². The summed E-state index contributed by atoms with van der Waals surface area (Å²) in [7, 11) is -3.47. The minimum Gasteiger partial charge on any atom is -0.365 e. The highest BCUT2D eigenvalue weighted by Crippen LogP contribution is 2.34. The Bertz CT molecular complexity index is 831. The molecule has 2 aromatic rings. The zero-order valence-corrected chi connectivity index (χ0v) is 14.1. The minimum atomic E-state index is -3.47. The Morgan fingerprint density at radius 3 is 2.54 bits per heavy atom. The van der Waals surface area contributed by atoms with Crippen LogP contribution in [0.15, 0.2) is 53.7 Å². The van der Waals surface area contributed by atoms with Crippen molar-refractivity contribution in [3.63, 3.8) is 0 Å². The Labute approximate surface area is 142 Å². The van der Waals surface area contributed by atoms with E-state index in [-0.39, 0.29) is 0 Å². The number of anilines is 1. The number of aromatic nitrogens is 1. The molecule has 1 spiro atoms. The van der Waals surface area contributed by atoms with Crippen molar-refractivity contribution in [1.29, 1.82) is 0 Å². The molecule has 0 radical (unpaired) electrons. The number of sulfonamides is 1. The van der Waals surface area contributed by atoms with Crippen molar-refractivity contribution < 1.29 is 8.42 Å². The zero-order chi connectivity index (χ0) is 16.6. The fourth-order valence-electron chi connectivity index (χ4n) is 3.47. The first-order valence-corrected chi connectivity index (χ1v) is 9.57. The van der Waals surface area contributed by atoms with Gasteiger partial charge in [-0.3, -0.25) is 9.88 Å². The van der Waals surface area contributed by atoms with Crippen molar-refractivity contribution in [3.8, 4) is 0 Å². The van der Waals surface area contributed by atoms with Crippen molar-refractivity contribution >= 4 is 15.7 Å². The topological polar surface area (TPSA) is 74.3 Å². The van der Waals surface area contributed by atoms with Gasteiger partial charge in [-0.25, -0.2) is 8.42 Å². The molecule has 0 atom stereocenters. The summed E-state index contributed by atoms with van der Waals surface area (Å²) >= 11 is 0. The van der Waals surface area contributed by atoms with Gasteiger partial charge in [-0.2, -0.15) is 4.72 Å². The molecular formula is C17H20N4O2S. The Morgan fingerprint density at radius 2 is 1.79 bits per heavy atom. The lowest BCUT2D eigenvalue weighted by atomic mass is 9.96. The molecule has 2 aliphatic rings. The van der Waals surface area contributed by atoms with Crippen LogP contribution >= 0.6 is 0 Å². The number of nitrogens with zero attached hydrogens (tertiary/aromatic N) is 2. The third-order valence-corrected chi connectivity index (χ3v) is 6.34. The van der Waals surface area contributed by atoms with Crippen molar-refractivity contribution in [2.75, 3.05) is 18.4 Å². The Kier molecular flexibility index (Phi) is 3.79. The van der Waals surface area contributed by atoms with E-state index in [0.29, 0.717) is 10.6 Å². The highest BCUT2D eigenvalue weighted by atomic mass is 32.2. The van der Waals surface area contributed by atoms with Crippen molar-refractivity contribution in [1.82, 2.24) is 14.6 Å². The summed E-state index contributed by atoms with van der Waals surface area (Å²) in [4.78, 5) is 6.71. The fraction of sp³-hybridized carbons (Fsp3) is 0.353. The summed E-state index contributed by atoms with van der Waals surface area (Å²) in [6.45, 7) is 2.53. The molecular weight excluding hydrogens is 324 g/mol. The van der Waals surface area contributed by atoms with Gasteiger partial charge >= 0.3 is 0 Å². The normalized spacial score (nSPS) is 21.8. The van der Waals surface area contributed by atoms with Gasteiger partial charge in [0.15, 0.2) is 0 Å². The second kappa shape index (κ2) is 5.84. The lowest BCUT2D eigenvalue weighted by molar-refractivity contribution is 0.159. The highest BCUT2D eigenvalue weighted by molar-refractivity contribution is 7.89. The van der Waals surface area contributed by atoms with Gasteiger partial charge in [0.2, 0.25) is 10.0 Å². The van der Waals surface area contributed by atoms with E-state index >= 15 is 0 Å². The summed E-state index contributed by atoms with van der Waals surface area (Å²) in [5, 5.41) is 3.43. The highest BCUT2D eigenvalue weighted by Gasteiger charge is 2.42. The van der Waals surface area contributed by atoms with Crippen molar-refractivity contribution in [3.05, 3.63) is 54.4 Å². The predicted molar refractivity (Wildman–Crippen MR) is 91.9 cm³/mol. The third-order valence-electron chi connectivity index (χ3n) is 4.75. The molecule has 1 saturated heterocycles. The number of rotatable bonds is 2. The molecule has 0 unspecified atom stereocenters. The molecule has 24 heavy (non-hydrogen) atoms. The van der Waals surface area contributed by atoms with Crippen LogP contribution < -0.4 is 10.0 Å². The smallest absolute Gasteiger partial charge is 0.244 e. The molecule has 0 saturated carbocycles. The largest absolute Gasteiger partial charge is 0.365 e. The lowest BCUT2D eigenvalue weighted by Gasteiger charge is -2.45. The van der Waals surface area contributed by atoms with Crippen molar-refractivity contribution in [2.45, 2.75) is 29.9 Å². The fourth-order valence-corrected chi connectivity index (χ4v) is 5.01. The van der Waals surface area contributed by atoms with Gasteiger partial charge in [0.25, 0.3) is 0 Å². The first-order chi connectivity index (χ1) is 11.6. The summed E-state index contributed by atoms with van der Waals surface area (Å²) in [5.41, 5.74) is 1.34. The predicted octanol–water partition coefficient (Wildman–Crippen LogP) is 1.78. The zero-order valence-electron chi connectivity index (χ0n) is 13.3. The molecule has 6 nitrogen and oxygen atoms in total. The van der Waals surface area contributed by atoms with Crippen LogP contribution in [-0.2, 0) is 16.6 Å². The van der Waals surface area contributed by atoms with Crippen LogP contribution in [0.1, 0.15) is 18.4 Å². The maximum atomic E-state index is 12.5. The number of hydrogen-bond donors (Lipinski definition) is 2. The molecule has 2 aliphatic heterocycles. The van der Waals surface area contributed by atoms with E-state index in [1.807, 2.05) is 24.3 Å². The van der Waals surface area contributed by atoms with Crippen LogP contribution in [0.5, 0.6) is 0 Å². The number of nitrogens with one attached hydrogen (secondary N) is 2. The Hall–Kier alpha value is -1.96. The SMILES string of the molecule is O=S1(=O)NC2(CCN(Cc3ccncc3)CC2)Nc2ccccc21. The molecule has 3 heterocycles. The number of pyridine rings is 1. The number of hydrogen-bond acceptors (Lipinski definition) is 5. The van der Waals surface area contributed by atoms with Crippen LogP contribution in [0.3, 0.4) is 0 Å². The van der Waals surface area contributed by atoms with E-state index in [0.717, 1.165) is 32.5 Å². The number of likely N-dealkylation sites (tertiary alicyclic amines) is 1. The summed E-state index contributed by atoms with van der Waals surface area (Å²) in [5.74, 6) is 0. The van der Waals surface area contributed by atoms with E-state index in [1.54, 1.807) is 24.5 Å². The molecule has 0 bridgehead atoms. The molecule has 7 heteroatoms. The van der Waals surface area contributed by atoms with Crippen LogP contribution in [0.4, 0.5) is 5.69 Å². The standard InChI is InChI=1S/C17H20N4O2S/c22-24(23)16-4-2-1-3-15(16)19-17(20-24)7-11-21(12-8-17)13-14-5-9-18-10-6-14/h1-6,9-10,19-20H,7-8,11-13H2. The van der Waals surface area contributed by atoms with Gasteiger partial charge in [0, 0.05) is 32.0 Å². The molecule has 126 valence electrons. The summed E-state index contributed by atoms with van der Waals surface area (Å²) in [6, 6.07) is 11.1. The van der Waals surface area contributed by atoms with Gasteiger partial charge in [0.05, 0.1) is 5.69 Å². The maximum Gasteiger partial charge on any atom is 0.244 e. The second-order valence-corrected chi connectivity index (χ2v) is 8.09. The van der Waals surface area contributed by atoms with Crippen LogP contribution in [0.25, 0.3) is 0 Å². The third kappa shape index (κ3) is 2.90. The Morgan fingerprint density at radius 1 is 1.08 bits per heavy atom. The molecule has 0 amide bonds. The average molecular weight is 344 g/mol. The quantitative estimate of drug-likeness (QED) is 0.869.